The average Bonchev–Trinajstić information content (AvgIpc) is 3.31. The lowest BCUT2D eigenvalue weighted by molar-refractivity contribution is 0.0952. The maximum absolute atomic E-state index is 12.3. The highest BCUT2D eigenvalue weighted by Crippen LogP contribution is 2.23. The van der Waals surface area contributed by atoms with E-state index in [9.17, 15) is 4.79 Å². The Morgan fingerprint density at radius 3 is 2.62 bits per heavy atom. The maximum atomic E-state index is 12.3. The van der Waals surface area contributed by atoms with Crippen LogP contribution in [0.1, 0.15) is 28.8 Å². The lowest BCUT2D eigenvalue weighted by Crippen LogP contribution is -2.26. The normalized spacial score (nSPS) is 13.7. The number of carbonyl (C=O) groups excluding carboxylic acids is 1. The van der Waals surface area contributed by atoms with Crippen LogP contribution < -0.4 is 16.4 Å². The molecule has 0 unspecified atom stereocenters. The summed E-state index contributed by atoms with van der Waals surface area (Å²) in [6, 6.07) is 15.8. The fourth-order valence-electron chi connectivity index (χ4n) is 2.19. The first-order valence-electron chi connectivity index (χ1n) is 7.20. The molecule has 1 aliphatic rings. The Hall–Kier alpha value is -2.49. The molecular weight excluding hydrogens is 262 g/mol. The topological polar surface area (TPSA) is 67.1 Å². The predicted molar refractivity (Wildman–Crippen MR) is 85.1 cm³/mol. The largest absolute Gasteiger partial charge is 0.399 e. The summed E-state index contributed by atoms with van der Waals surface area (Å²) in [6.45, 7) is 0.675. The van der Waals surface area contributed by atoms with Gasteiger partial charge in [-0.3, -0.25) is 4.79 Å². The van der Waals surface area contributed by atoms with Gasteiger partial charge in [-0.1, -0.05) is 30.3 Å². The first-order valence-corrected chi connectivity index (χ1v) is 7.20. The Morgan fingerprint density at radius 2 is 1.90 bits per heavy atom. The Kier molecular flexibility index (Phi) is 3.77. The minimum atomic E-state index is -0.0552. The number of benzene rings is 2. The summed E-state index contributed by atoms with van der Waals surface area (Å²) in [5.74, 6) is -0.0552. The van der Waals surface area contributed by atoms with Crippen LogP contribution in [0, 0.1) is 0 Å². The van der Waals surface area contributed by atoms with E-state index >= 15 is 0 Å². The second-order valence-electron chi connectivity index (χ2n) is 5.39. The number of nitrogens with two attached hydrogens (primary N) is 1. The van der Waals surface area contributed by atoms with E-state index in [0.717, 1.165) is 18.5 Å². The zero-order chi connectivity index (χ0) is 14.7. The molecule has 1 amide bonds. The van der Waals surface area contributed by atoms with Gasteiger partial charge in [-0.2, -0.15) is 0 Å². The standard InChI is InChI=1S/C17H19N3O/c18-13-6-9-16(19-11-12-4-2-1-3-5-12)15(10-13)17(21)20-14-7-8-14/h1-6,9-10,14,19H,7-8,11,18H2,(H,20,21). The third kappa shape index (κ3) is 3.54. The third-order valence-corrected chi connectivity index (χ3v) is 3.53. The average molecular weight is 281 g/mol. The van der Waals surface area contributed by atoms with Crippen molar-refractivity contribution in [3.63, 3.8) is 0 Å². The van der Waals surface area contributed by atoms with Gasteiger partial charge in [-0.05, 0) is 36.6 Å². The van der Waals surface area contributed by atoms with Crippen LogP contribution in [0.2, 0.25) is 0 Å². The number of hydrogen-bond donors (Lipinski definition) is 3. The van der Waals surface area contributed by atoms with Gasteiger partial charge >= 0.3 is 0 Å². The van der Waals surface area contributed by atoms with Gasteiger partial charge in [0.2, 0.25) is 0 Å². The molecule has 1 fully saturated rings. The summed E-state index contributed by atoms with van der Waals surface area (Å²) in [5, 5.41) is 6.32. The van der Waals surface area contributed by atoms with Gasteiger partial charge in [-0.15, -0.1) is 0 Å². The van der Waals surface area contributed by atoms with Gasteiger partial charge in [0, 0.05) is 24.0 Å². The van der Waals surface area contributed by atoms with Crippen LogP contribution in [0.25, 0.3) is 0 Å². The Balaban J connectivity index is 1.75. The van der Waals surface area contributed by atoms with E-state index in [0.29, 0.717) is 23.8 Å². The molecule has 4 nitrogen and oxygen atoms in total. The van der Waals surface area contributed by atoms with Crippen molar-refractivity contribution in [2.24, 2.45) is 0 Å². The van der Waals surface area contributed by atoms with E-state index in [4.69, 9.17) is 5.73 Å². The van der Waals surface area contributed by atoms with Crippen molar-refractivity contribution in [1.29, 1.82) is 0 Å². The lowest BCUT2D eigenvalue weighted by Gasteiger charge is -2.13. The zero-order valence-electron chi connectivity index (χ0n) is 11.8. The number of rotatable bonds is 5. The minimum Gasteiger partial charge on any atom is -0.399 e. The van der Waals surface area contributed by atoms with Gasteiger partial charge in [0.25, 0.3) is 5.91 Å². The van der Waals surface area contributed by atoms with Gasteiger partial charge in [-0.25, -0.2) is 0 Å². The molecule has 4 heteroatoms. The molecule has 0 spiro atoms. The highest BCUT2D eigenvalue weighted by atomic mass is 16.1. The van der Waals surface area contributed by atoms with Crippen molar-refractivity contribution in [3.8, 4) is 0 Å². The van der Waals surface area contributed by atoms with E-state index in [1.54, 1.807) is 12.1 Å². The molecule has 0 radical (unpaired) electrons. The number of nitrogens with one attached hydrogen (secondary N) is 2. The molecule has 0 bridgehead atoms. The van der Waals surface area contributed by atoms with Crippen molar-refractivity contribution in [3.05, 3.63) is 59.7 Å². The van der Waals surface area contributed by atoms with Crippen LogP contribution >= 0.6 is 0 Å². The van der Waals surface area contributed by atoms with E-state index < -0.39 is 0 Å². The summed E-state index contributed by atoms with van der Waals surface area (Å²) in [5.41, 5.74) is 9.00. The van der Waals surface area contributed by atoms with Crippen molar-refractivity contribution >= 4 is 17.3 Å². The Labute approximate surface area is 124 Å². The molecule has 1 aliphatic carbocycles. The highest BCUT2D eigenvalue weighted by molar-refractivity contribution is 6.00. The molecule has 2 aromatic carbocycles. The summed E-state index contributed by atoms with van der Waals surface area (Å²) in [7, 11) is 0. The molecule has 0 heterocycles. The first-order chi connectivity index (χ1) is 10.2. The molecule has 0 aromatic heterocycles. The maximum Gasteiger partial charge on any atom is 0.253 e. The van der Waals surface area contributed by atoms with Gasteiger partial charge in [0.05, 0.1) is 5.56 Å². The van der Waals surface area contributed by atoms with Crippen molar-refractivity contribution in [2.45, 2.75) is 25.4 Å². The van der Waals surface area contributed by atoms with Crippen LogP contribution in [-0.4, -0.2) is 11.9 Å². The summed E-state index contributed by atoms with van der Waals surface area (Å²) in [4.78, 5) is 12.3. The third-order valence-electron chi connectivity index (χ3n) is 3.53. The Bertz CT molecular complexity index is 636. The monoisotopic (exact) mass is 281 g/mol. The van der Waals surface area contributed by atoms with E-state index in [1.807, 2.05) is 36.4 Å². The Morgan fingerprint density at radius 1 is 1.14 bits per heavy atom. The lowest BCUT2D eigenvalue weighted by atomic mass is 10.1. The number of nitrogen functional groups attached to an aromatic ring is 1. The number of carbonyl (C=O) groups is 1. The number of amides is 1. The predicted octanol–water partition coefficient (Wildman–Crippen LogP) is 2.77. The molecule has 0 atom stereocenters. The fourth-order valence-corrected chi connectivity index (χ4v) is 2.19. The summed E-state index contributed by atoms with van der Waals surface area (Å²) in [6.07, 6.45) is 2.14. The minimum absolute atomic E-state index is 0.0552. The van der Waals surface area contributed by atoms with E-state index in [2.05, 4.69) is 10.6 Å². The zero-order valence-corrected chi connectivity index (χ0v) is 11.8. The van der Waals surface area contributed by atoms with Crippen molar-refractivity contribution in [1.82, 2.24) is 5.32 Å². The molecule has 4 N–H and O–H groups in total. The first kappa shape index (κ1) is 13.5. The van der Waals surface area contributed by atoms with Crippen LogP contribution in [0.4, 0.5) is 11.4 Å². The van der Waals surface area contributed by atoms with Gasteiger partial charge < -0.3 is 16.4 Å². The second kappa shape index (κ2) is 5.87. The van der Waals surface area contributed by atoms with Crippen LogP contribution in [0.5, 0.6) is 0 Å². The van der Waals surface area contributed by atoms with Crippen molar-refractivity contribution in [2.75, 3.05) is 11.1 Å². The highest BCUT2D eigenvalue weighted by Gasteiger charge is 2.24. The van der Waals surface area contributed by atoms with Crippen LogP contribution in [0.3, 0.4) is 0 Å². The smallest absolute Gasteiger partial charge is 0.253 e. The number of hydrogen-bond acceptors (Lipinski definition) is 3. The van der Waals surface area contributed by atoms with Crippen molar-refractivity contribution < 1.29 is 4.79 Å². The summed E-state index contributed by atoms with van der Waals surface area (Å²) < 4.78 is 0. The van der Waals surface area contributed by atoms with Crippen LogP contribution in [-0.2, 0) is 6.54 Å². The van der Waals surface area contributed by atoms with E-state index in [-0.39, 0.29) is 5.91 Å². The molecule has 21 heavy (non-hydrogen) atoms. The molecule has 3 rings (SSSR count). The van der Waals surface area contributed by atoms with Gasteiger partial charge in [0.15, 0.2) is 0 Å². The molecular formula is C17H19N3O. The molecule has 2 aromatic rings. The molecule has 1 saturated carbocycles. The van der Waals surface area contributed by atoms with Crippen LogP contribution in [0.15, 0.2) is 48.5 Å². The molecule has 0 aliphatic heterocycles. The number of anilines is 2. The molecule has 108 valence electrons. The van der Waals surface area contributed by atoms with E-state index in [1.165, 1.54) is 5.56 Å². The SMILES string of the molecule is Nc1ccc(NCc2ccccc2)c(C(=O)NC2CC2)c1. The second-order valence-corrected chi connectivity index (χ2v) is 5.39. The molecule has 0 saturated heterocycles. The summed E-state index contributed by atoms with van der Waals surface area (Å²) >= 11 is 0. The van der Waals surface area contributed by atoms with Gasteiger partial charge in [0.1, 0.15) is 0 Å². The quantitative estimate of drug-likeness (QED) is 0.738. The fraction of sp³-hybridized carbons (Fsp3) is 0.235.